The van der Waals surface area contributed by atoms with Crippen LogP contribution in [0, 0.1) is 0 Å². The van der Waals surface area contributed by atoms with Gasteiger partial charge in [0.25, 0.3) is 5.91 Å². The van der Waals surface area contributed by atoms with Crippen molar-refractivity contribution >= 4 is 17.6 Å². The number of aryl methyl sites for hydroxylation is 2. The van der Waals surface area contributed by atoms with E-state index in [1.165, 1.54) is 24.0 Å². The SMILES string of the molecule is COc1ccc(/C=C(/C(=O)NC(C)c2ccc3c(c2)CCC3)c2ccccc2)cc1. The van der Waals surface area contributed by atoms with Crippen LogP contribution in [0.5, 0.6) is 5.75 Å². The first kappa shape index (κ1) is 20.0. The largest absolute Gasteiger partial charge is 0.497 e. The molecule has 1 unspecified atom stereocenters. The van der Waals surface area contributed by atoms with E-state index in [9.17, 15) is 4.79 Å². The van der Waals surface area contributed by atoms with Gasteiger partial charge < -0.3 is 10.1 Å². The van der Waals surface area contributed by atoms with Crippen molar-refractivity contribution < 1.29 is 9.53 Å². The predicted octanol–water partition coefficient (Wildman–Crippen LogP) is 5.60. The summed E-state index contributed by atoms with van der Waals surface area (Å²) < 4.78 is 5.24. The molecule has 0 saturated heterocycles. The van der Waals surface area contributed by atoms with Gasteiger partial charge in [-0.05, 0) is 72.2 Å². The number of amides is 1. The quantitative estimate of drug-likeness (QED) is 0.434. The van der Waals surface area contributed by atoms with E-state index in [4.69, 9.17) is 4.74 Å². The van der Waals surface area contributed by atoms with Gasteiger partial charge in [0.2, 0.25) is 0 Å². The number of hydrogen-bond donors (Lipinski definition) is 1. The van der Waals surface area contributed by atoms with Gasteiger partial charge in [-0.3, -0.25) is 4.79 Å². The zero-order valence-corrected chi connectivity index (χ0v) is 17.5. The number of hydrogen-bond acceptors (Lipinski definition) is 2. The second kappa shape index (κ2) is 9.00. The molecule has 4 rings (SSSR count). The molecule has 0 bridgehead atoms. The summed E-state index contributed by atoms with van der Waals surface area (Å²) in [5.41, 5.74) is 6.52. The molecule has 3 aromatic rings. The molecule has 3 aromatic carbocycles. The lowest BCUT2D eigenvalue weighted by Crippen LogP contribution is -2.27. The monoisotopic (exact) mass is 397 g/mol. The van der Waals surface area contributed by atoms with E-state index < -0.39 is 0 Å². The van der Waals surface area contributed by atoms with Crippen molar-refractivity contribution in [2.45, 2.75) is 32.2 Å². The number of carbonyl (C=O) groups excluding carboxylic acids is 1. The van der Waals surface area contributed by atoms with Crippen molar-refractivity contribution in [2.75, 3.05) is 7.11 Å². The zero-order chi connectivity index (χ0) is 20.9. The van der Waals surface area contributed by atoms with E-state index in [0.29, 0.717) is 5.57 Å². The van der Waals surface area contributed by atoms with Crippen LogP contribution in [-0.4, -0.2) is 13.0 Å². The van der Waals surface area contributed by atoms with Crippen LogP contribution in [0.15, 0.2) is 72.8 Å². The van der Waals surface area contributed by atoms with Gasteiger partial charge >= 0.3 is 0 Å². The number of methoxy groups -OCH3 is 1. The van der Waals surface area contributed by atoms with Gasteiger partial charge in [-0.2, -0.15) is 0 Å². The highest BCUT2D eigenvalue weighted by Gasteiger charge is 2.18. The third-order valence-electron chi connectivity index (χ3n) is 5.73. The fraction of sp³-hybridized carbons (Fsp3) is 0.222. The van der Waals surface area contributed by atoms with Gasteiger partial charge in [-0.25, -0.2) is 0 Å². The minimum atomic E-state index is -0.0787. The number of fused-ring (bicyclic) bond motifs is 1. The molecule has 0 spiro atoms. The van der Waals surface area contributed by atoms with Gasteiger partial charge in [0.1, 0.15) is 5.75 Å². The molecule has 0 heterocycles. The molecule has 1 aliphatic rings. The molecule has 1 aliphatic carbocycles. The fourth-order valence-corrected chi connectivity index (χ4v) is 3.98. The Morgan fingerprint density at radius 1 is 0.967 bits per heavy atom. The summed E-state index contributed by atoms with van der Waals surface area (Å²) in [4.78, 5) is 13.3. The van der Waals surface area contributed by atoms with E-state index in [1.54, 1.807) is 7.11 Å². The summed E-state index contributed by atoms with van der Waals surface area (Å²) in [5.74, 6) is 0.716. The zero-order valence-electron chi connectivity index (χ0n) is 17.5. The molecule has 1 amide bonds. The minimum absolute atomic E-state index is 0.0635. The van der Waals surface area contributed by atoms with Gasteiger partial charge in [-0.15, -0.1) is 0 Å². The van der Waals surface area contributed by atoms with Crippen molar-refractivity contribution in [2.24, 2.45) is 0 Å². The van der Waals surface area contributed by atoms with Crippen LogP contribution in [-0.2, 0) is 17.6 Å². The maximum Gasteiger partial charge on any atom is 0.252 e. The lowest BCUT2D eigenvalue weighted by Gasteiger charge is -2.17. The first-order valence-electron chi connectivity index (χ1n) is 10.5. The summed E-state index contributed by atoms with van der Waals surface area (Å²) in [6.45, 7) is 2.05. The summed E-state index contributed by atoms with van der Waals surface area (Å²) in [6.07, 6.45) is 5.46. The Labute approximate surface area is 178 Å². The van der Waals surface area contributed by atoms with Crippen LogP contribution in [0.4, 0.5) is 0 Å². The van der Waals surface area contributed by atoms with Crippen LogP contribution in [0.1, 0.15) is 47.2 Å². The van der Waals surface area contributed by atoms with Crippen LogP contribution < -0.4 is 10.1 Å². The Hall–Kier alpha value is -3.33. The van der Waals surface area contributed by atoms with E-state index in [-0.39, 0.29) is 11.9 Å². The molecule has 0 saturated carbocycles. The van der Waals surface area contributed by atoms with Crippen LogP contribution >= 0.6 is 0 Å². The summed E-state index contributed by atoms with van der Waals surface area (Å²) in [5, 5.41) is 3.20. The molecule has 0 radical (unpaired) electrons. The highest BCUT2D eigenvalue weighted by atomic mass is 16.5. The van der Waals surface area contributed by atoms with Crippen molar-refractivity contribution in [1.82, 2.24) is 5.32 Å². The predicted molar refractivity (Wildman–Crippen MR) is 122 cm³/mol. The van der Waals surface area contributed by atoms with Gasteiger partial charge in [0.15, 0.2) is 0 Å². The smallest absolute Gasteiger partial charge is 0.252 e. The number of nitrogens with one attached hydrogen (secondary N) is 1. The number of rotatable bonds is 6. The Morgan fingerprint density at radius 3 is 2.43 bits per heavy atom. The molecule has 3 heteroatoms. The van der Waals surface area contributed by atoms with Crippen molar-refractivity contribution in [3.05, 3.63) is 101 Å². The first-order chi connectivity index (χ1) is 14.6. The summed E-state index contributed by atoms with van der Waals surface area (Å²) >= 11 is 0. The third kappa shape index (κ3) is 4.46. The number of carbonyl (C=O) groups is 1. The molecular weight excluding hydrogens is 370 g/mol. The number of benzene rings is 3. The topological polar surface area (TPSA) is 38.3 Å². The first-order valence-corrected chi connectivity index (χ1v) is 10.5. The van der Waals surface area contributed by atoms with Crippen molar-refractivity contribution in [3.63, 3.8) is 0 Å². The Kier molecular flexibility index (Phi) is 5.99. The molecule has 3 nitrogen and oxygen atoms in total. The van der Waals surface area contributed by atoms with Gasteiger partial charge in [0, 0.05) is 5.57 Å². The summed E-state index contributed by atoms with van der Waals surface area (Å²) in [7, 11) is 1.65. The molecule has 0 aliphatic heterocycles. The number of ether oxygens (including phenoxy) is 1. The lowest BCUT2D eigenvalue weighted by molar-refractivity contribution is -0.116. The Bertz CT molecular complexity index is 1050. The standard InChI is InChI=1S/C27H27NO2/c1-19(23-14-13-21-9-6-10-24(21)18-23)28-27(29)26(22-7-4-3-5-8-22)17-20-11-15-25(30-2)16-12-20/h3-5,7-8,11-19H,6,9-10H2,1-2H3,(H,28,29)/b26-17+. The van der Waals surface area contributed by atoms with Crippen LogP contribution in [0.25, 0.3) is 11.6 Å². The van der Waals surface area contributed by atoms with Crippen LogP contribution in [0.2, 0.25) is 0 Å². The maximum absolute atomic E-state index is 13.3. The molecule has 1 atom stereocenters. The second-order valence-corrected chi connectivity index (χ2v) is 7.77. The Balaban J connectivity index is 1.60. The van der Waals surface area contributed by atoms with Gasteiger partial charge in [-0.1, -0.05) is 60.7 Å². The van der Waals surface area contributed by atoms with Crippen molar-refractivity contribution in [1.29, 1.82) is 0 Å². The highest BCUT2D eigenvalue weighted by molar-refractivity contribution is 6.24. The summed E-state index contributed by atoms with van der Waals surface area (Å²) in [6, 6.07) is 24.1. The van der Waals surface area contributed by atoms with Crippen LogP contribution in [0.3, 0.4) is 0 Å². The van der Waals surface area contributed by atoms with E-state index in [1.807, 2.05) is 67.6 Å². The fourth-order valence-electron chi connectivity index (χ4n) is 3.98. The normalized spacial score (nSPS) is 14.1. The van der Waals surface area contributed by atoms with E-state index in [2.05, 4.69) is 23.5 Å². The van der Waals surface area contributed by atoms with Crippen molar-refractivity contribution in [3.8, 4) is 5.75 Å². The Morgan fingerprint density at radius 2 is 1.70 bits per heavy atom. The van der Waals surface area contributed by atoms with E-state index >= 15 is 0 Å². The second-order valence-electron chi connectivity index (χ2n) is 7.77. The molecule has 0 aromatic heterocycles. The highest BCUT2D eigenvalue weighted by Crippen LogP contribution is 2.26. The molecule has 0 fully saturated rings. The van der Waals surface area contributed by atoms with E-state index in [0.717, 1.165) is 28.9 Å². The average molecular weight is 398 g/mol. The molecule has 30 heavy (non-hydrogen) atoms. The average Bonchev–Trinajstić information content (AvgIpc) is 3.26. The third-order valence-corrected chi connectivity index (χ3v) is 5.73. The molecule has 152 valence electrons. The molecular formula is C27H27NO2. The minimum Gasteiger partial charge on any atom is -0.497 e. The molecule has 1 N–H and O–H groups in total. The maximum atomic E-state index is 13.3. The van der Waals surface area contributed by atoms with Gasteiger partial charge in [0.05, 0.1) is 13.2 Å². The lowest BCUT2D eigenvalue weighted by atomic mass is 9.99.